The second-order valence-corrected chi connectivity index (χ2v) is 7.73. The van der Waals surface area contributed by atoms with E-state index in [9.17, 15) is 9.59 Å². The zero-order valence-corrected chi connectivity index (χ0v) is 16.2. The van der Waals surface area contributed by atoms with Crippen LogP contribution in [-0.4, -0.2) is 74.1 Å². The lowest BCUT2D eigenvalue weighted by atomic mass is 9.89. The number of amides is 2. The predicted octanol–water partition coefficient (Wildman–Crippen LogP) is 1.87. The van der Waals surface area contributed by atoms with E-state index in [0.717, 1.165) is 18.8 Å². The van der Waals surface area contributed by atoms with Crippen molar-refractivity contribution < 1.29 is 14.3 Å². The summed E-state index contributed by atoms with van der Waals surface area (Å²) in [7, 11) is 0. The Kier molecular flexibility index (Phi) is 5.73. The highest BCUT2D eigenvalue weighted by atomic mass is 35.5. The van der Waals surface area contributed by atoms with Gasteiger partial charge in [-0.2, -0.15) is 0 Å². The van der Waals surface area contributed by atoms with Gasteiger partial charge in [-0.3, -0.25) is 9.59 Å². The molecule has 0 N–H and O–H groups in total. The van der Waals surface area contributed by atoms with E-state index in [1.807, 2.05) is 24.3 Å². The van der Waals surface area contributed by atoms with Crippen LogP contribution in [0.5, 0.6) is 0 Å². The monoisotopic (exact) mass is 379 g/mol. The summed E-state index contributed by atoms with van der Waals surface area (Å²) >= 11 is 6.07. The highest BCUT2D eigenvalue weighted by Gasteiger charge is 2.42. The molecule has 1 aromatic rings. The topological polar surface area (TPSA) is 53.1 Å². The first-order chi connectivity index (χ1) is 12.4. The lowest BCUT2D eigenvalue weighted by Gasteiger charge is -2.40. The number of nitrogens with zero attached hydrogens (tertiary/aromatic N) is 3. The maximum atomic E-state index is 13.0. The van der Waals surface area contributed by atoms with Gasteiger partial charge in [0.05, 0.1) is 13.2 Å². The molecule has 2 saturated heterocycles. The first-order valence-corrected chi connectivity index (χ1v) is 9.44. The summed E-state index contributed by atoms with van der Waals surface area (Å²) in [4.78, 5) is 31.6. The highest BCUT2D eigenvalue weighted by Crippen LogP contribution is 2.26. The third-order valence-electron chi connectivity index (χ3n) is 5.11. The molecule has 3 rings (SSSR count). The number of morpholine rings is 1. The summed E-state index contributed by atoms with van der Waals surface area (Å²) in [5.41, 5.74) is 0.0171. The maximum Gasteiger partial charge on any atom is 0.237 e. The van der Waals surface area contributed by atoms with Crippen LogP contribution in [0.15, 0.2) is 24.3 Å². The Bertz CT molecular complexity index is 666. The van der Waals surface area contributed by atoms with Gasteiger partial charge in [0.15, 0.2) is 0 Å². The molecule has 2 heterocycles. The Morgan fingerprint density at radius 3 is 2.12 bits per heavy atom. The zero-order valence-electron chi connectivity index (χ0n) is 15.4. The predicted molar refractivity (Wildman–Crippen MR) is 101 cm³/mol. The number of ether oxygens (including phenoxy) is 1. The van der Waals surface area contributed by atoms with Crippen molar-refractivity contribution in [1.82, 2.24) is 9.80 Å². The third-order valence-corrected chi connectivity index (χ3v) is 5.34. The van der Waals surface area contributed by atoms with Crippen LogP contribution in [0, 0.1) is 5.41 Å². The van der Waals surface area contributed by atoms with Crippen molar-refractivity contribution in [1.29, 1.82) is 0 Å². The molecule has 6 nitrogen and oxygen atoms in total. The first kappa shape index (κ1) is 19.0. The largest absolute Gasteiger partial charge is 0.378 e. The van der Waals surface area contributed by atoms with Crippen LogP contribution >= 0.6 is 11.6 Å². The van der Waals surface area contributed by atoms with Crippen molar-refractivity contribution in [3.05, 3.63) is 29.3 Å². The van der Waals surface area contributed by atoms with Crippen molar-refractivity contribution in [3.63, 3.8) is 0 Å². The molecule has 0 spiro atoms. The molecule has 2 aliphatic rings. The number of hydrogen-bond donors (Lipinski definition) is 0. The molecular formula is C19H26ClN3O3. The Balaban J connectivity index is 1.61. The third kappa shape index (κ3) is 3.96. The number of anilines is 1. The van der Waals surface area contributed by atoms with Crippen LogP contribution < -0.4 is 4.90 Å². The van der Waals surface area contributed by atoms with Gasteiger partial charge in [-0.25, -0.2) is 0 Å². The van der Waals surface area contributed by atoms with Gasteiger partial charge in [0.1, 0.15) is 5.41 Å². The fraction of sp³-hybridized carbons (Fsp3) is 0.579. The molecule has 0 atom stereocenters. The fourth-order valence-electron chi connectivity index (χ4n) is 3.49. The van der Waals surface area contributed by atoms with Crippen molar-refractivity contribution >= 4 is 29.1 Å². The zero-order chi connectivity index (χ0) is 18.7. The van der Waals surface area contributed by atoms with E-state index in [4.69, 9.17) is 16.3 Å². The van der Waals surface area contributed by atoms with E-state index in [2.05, 4.69) is 4.90 Å². The van der Waals surface area contributed by atoms with Gasteiger partial charge in [-0.1, -0.05) is 17.7 Å². The van der Waals surface area contributed by atoms with E-state index in [1.54, 1.807) is 23.6 Å². The number of carbonyl (C=O) groups is 2. The molecule has 0 radical (unpaired) electrons. The van der Waals surface area contributed by atoms with Gasteiger partial charge >= 0.3 is 0 Å². The molecule has 142 valence electrons. The fourth-order valence-corrected chi connectivity index (χ4v) is 3.67. The minimum atomic E-state index is -1.05. The number of hydrogen-bond acceptors (Lipinski definition) is 4. The molecule has 2 amide bonds. The molecule has 0 aliphatic carbocycles. The van der Waals surface area contributed by atoms with Crippen molar-refractivity contribution in [2.75, 3.05) is 57.4 Å². The van der Waals surface area contributed by atoms with Gasteiger partial charge in [0, 0.05) is 50.0 Å². The smallest absolute Gasteiger partial charge is 0.237 e. The van der Waals surface area contributed by atoms with Crippen molar-refractivity contribution in [2.24, 2.45) is 5.41 Å². The Labute approximate surface area is 159 Å². The summed E-state index contributed by atoms with van der Waals surface area (Å²) in [6.07, 6.45) is 0. The molecule has 26 heavy (non-hydrogen) atoms. The summed E-state index contributed by atoms with van der Waals surface area (Å²) in [6.45, 7) is 8.31. The number of piperazine rings is 1. The number of halogens is 1. The molecule has 0 aromatic heterocycles. The van der Waals surface area contributed by atoms with Gasteiger partial charge in [-0.05, 0) is 32.0 Å². The number of rotatable bonds is 3. The molecule has 0 unspecified atom stereocenters. The van der Waals surface area contributed by atoms with Crippen LogP contribution in [0.4, 0.5) is 5.69 Å². The normalized spacial score (nSPS) is 18.8. The van der Waals surface area contributed by atoms with Gasteiger partial charge in [-0.15, -0.1) is 0 Å². The Morgan fingerprint density at radius 2 is 1.54 bits per heavy atom. The number of benzene rings is 1. The van der Waals surface area contributed by atoms with E-state index in [0.29, 0.717) is 44.4 Å². The van der Waals surface area contributed by atoms with E-state index in [1.165, 1.54) is 0 Å². The molecule has 2 fully saturated rings. The molecule has 7 heteroatoms. The maximum absolute atomic E-state index is 13.0. The number of carbonyl (C=O) groups excluding carboxylic acids is 2. The van der Waals surface area contributed by atoms with Crippen LogP contribution in [0.25, 0.3) is 0 Å². The van der Waals surface area contributed by atoms with Crippen LogP contribution in [-0.2, 0) is 14.3 Å². The van der Waals surface area contributed by atoms with Crippen LogP contribution in [0.2, 0.25) is 5.02 Å². The molecule has 2 aliphatic heterocycles. The standard InChI is InChI=1S/C19H26ClN3O3/c1-19(2,18(25)23-10-12-26-13-11-23)17(24)22-8-6-21(7-9-22)16-5-3-4-15(20)14-16/h3-5,14H,6-13H2,1-2H3. The van der Waals surface area contributed by atoms with Gasteiger partial charge < -0.3 is 19.4 Å². The molecule has 0 bridgehead atoms. The van der Waals surface area contributed by atoms with Crippen molar-refractivity contribution in [2.45, 2.75) is 13.8 Å². The van der Waals surface area contributed by atoms with Crippen LogP contribution in [0.1, 0.15) is 13.8 Å². The van der Waals surface area contributed by atoms with E-state index < -0.39 is 5.41 Å². The van der Waals surface area contributed by atoms with Gasteiger partial charge in [0.2, 0.25) is 11.8 Å². The lowest BCUT2D eigenvalue weighted by molar-refractivity contribution is -0.156. The van der Waals surface area contributed by atoms with Gasteiger partial charge in [0.25, 0.3) is 0 Å². The minimum Gasteiger partial charge on any atom is -0.378 e. The molecule has 0 saturated carbocycles. The highest BCUT2D eigenvalue weighted by molar-refractivity contribution is 6.30. The van der Waals surface area contributed by atoms with E-state index in [-0.39, 0.29) is 11.8 Å². The summed E-state index contributed by atoms with van der Waals surface area (Å²) in [5, 5.41) is 0.707. The first-order valence-electron chi connectivity index (χ1n) is 9.06. The quantitative estimate of drug-likeness (QED) is 0.752. The average molecular weight is 380 g/mol. The molecule has 1 aromatic carbocycles. The van der Waals surface area contributed by atoms with Crippen LogP contribution in [0.3, 0.4) is 0 Å². The SMILES string of the molecule is CC(C)(C(=O)N1CCOCC1)C(=O)N1CCN(c2cccc(Cl)c2)CC1. The summed E-state index contributed by atoms with van der Waals surface area (Å²) < 4.78 is 5.30. The summed E-state index contributed by atoms with van der Waals surface area (Å²) in [5.74, 6) is -0.206. The minimum absolute atomic E-state index is 0.0975. The second kappa shape index (κ2) is 7.84. The Hall–Kier alpha value is -1.79. The molecular weight excluding hydrogens is 354 g/mol. The Morgan fingerprint density at radius 1 is 0.962 bits per heavy atom. The van der Waals surface area contributed by atoms with Crippen molar-refractivity contribution in [3.8, 4) is 0 Å². The van der Waals surface area contributed by atoms with E-state index >= 15 is 0 Å². The lowest BCUT2D eigenvalue weighted by Crippen LogP contribution is -2.57. The average Bonchev–Trinajstić information content (AvgIpc) is 2.67. The summed E-state index contributed by atoms with van der Waals surface area (Å²) in [6, 6.07) is 7.74. The second-order valence-electron chi connectivity index (χ2n) is 7.29.